The predicted molar refractivity (Wildman–Crippen MR) is 70.0 cm³/mol. The van der Waals surface area contributed by atoms with Gasteiger partial charge in [0.25, 0.3) is 0 Å². The van der Waals surface area contributed by atoms with E-state index in [-0.39, 0.29) is 0 Å². The fourth-order valence-corrected chi connectivity index (χ4v) is 2.36. The molecule has 0 radical (unpaired) electrons. The highest BCUT2D eigenvalue weighted by atomic mass is 32.1. The molecule has 0 spiro atoms. The molecule has 2 rings (SSSR count). The molecule has 0 bridgehead atoms. The minimum atomic E-state index is -0.431. The van der Waals surface area contributed by atoms with E-state index in [1.807, 2.05) is 36.1 Å². The zero-order chi connectivity index (χ0) is 12.1. The molecule has 0 aromatic carbocycles. The number of hydrogen-bond donors (Lipinski definition) is 2. The van der Waals surface area contributed by atoms with E-state index in [9.17, 15) is 5.11 Å². The summed E-state index contributed by atoms with van der Waals surface area (Å²) in [6.07, 6.45) is 3.25. The Morgan fingerprint density at radius 1 is 1.47 bits per heavy atom. The summed E-state index contributed by atoms with van der Waals surface area (Å²) in [6, 6.07) is 4.04. The molecule has 2 N–H and O–H groups in total. The number of hydrogen-bond acceptors (Lipinski definition) is 4. The highest BCUT2D eigenvalue weighted by molar-refractivity contribution is 7.07. The van der Waals surface area contributed by atoms with E-state index < -0.39 is 6.10 Å². The fraction of sp³-hybridized carbons (Fsp3) is 0.308. The zero-order valence-corrected chi connectivity index (χ0v) is 10.6. The van der Waals surface area contributed by atoms with Gasteiger partial charge < -0.3 is 10.4 Å². The molecular weight excluding hydrogens is 232 g/mol. The highest BCUT2D eigenvalue weighted by Gasteiger charge is 2.06. The van der Waals surface area contributed by atoms with Crippen LogP contribution in [0.15, 0.2) is 35.3 Å². The summed E-state index contributed by atoms with van der Waals surface area (Å²) in [7, 11) is 0. The molecular formula is C13H16N2OS. The van der Waals surface area contributed by atoms with Crippen molar-refractivity contribution in [1.82, 2.24) is 10.3 Å². The van der Waals surface area contributed by atoms with Crippen LogP contribution in [0.5, 0.6) is 0 Å². The zero-order valence-electron chi connectivity index (χ0n) is 9.76. The second-order valence-electron chi connectivity index (χ2n) is 4.07. The average molecular weight is 248 g/mol. The van der Waals surface area contributed by atoms with Crippen molar-refractivity contribution >= 4 is 11.3 Å². The van der Waals surface area contributed by atoms with Crippen molar-refractivity contribution in [2.75, 3.05) is 6.54 Å². The summed E-state index contributed by atoms with van der Waals surface area (Å²) >= 11 is 1.60. The smallest absolute Gasteiger partial charge is 0.0922 e. The van der Waals surface area contributed by atoms with Crippen molar-refractivity contribution in [1.29, 1.82) is 0 Å². The topological polar surface area (TPSA) is 45.2 Å². The van der Waals surface area contributed by atoms with Gasteiger partial charge >= 0.3 is 0 Å². The summed E-state index contributed by atoms with van der Waals surface area (Å²) in [5.41, 5.74) is 3.27. The molecule has 4 heteroatoms. The Morgan fingerprint density at radius 2 is 2.35 bits per heavy atom. The lowest BCUT2D eigenvalue weighted by Gasteiger charge is -2.10. The Hall–Kier alpha value is -1.23. The average Bonchev–Trinajstić information content (AvgIpc) is 2.82. The summed E-state index contributed by atoms with van der Waals surface area (Å²) in [5.74, 6) is 0. The Kier molecular flexibility index (Phi) is 4.25. The van der Waals surface area contributed by atoms with Gasteiger partial charge in [-0.2, -0.15) is 11.3 Å². The molecule has 0 amide bonds. The molecule has 0 aliphatic rings. The third-order valence-electron chi connectivity index (χ3n) is 2.53. The summed E-state index contributed by atoms with van der Waals surface area (Å²) in [4.78, 5) is 4.13. The lowest BCUT2D eigenvalue weighted by atomic mass is 10.2. The number of rotatable bonds is 5. The Labute approximate surface area is 105 Å². The van der Waals surface area contributed by atoms with E-state index in [0.29, 0.717) is 6.54 Å². The van der Waals surface area contributed by atoms with Gasteiger partial charge in [-0.25, -0.2) is 0 Å². The van der Waals surface area contributed by atoms with Crippen molar-refractivity contribution in [2.24, 2.45) is 0 Å². The highest BCUT2D eigenvalue weighted by Crippen LogP contribution is 2.15. The second kappa shape index (κ2) is 5.91. The van der Waals surface area contributed by atoms with Gasteiger partial charge in [0, 0.05) is 25.5 Å². The van der Waals surface area contributed by atoms with Crippen LogP contribution < -0.4 is 5.32 Å². The van der Waals surface area contributed by atoms with Crippen molar-refractivity contribution in [2.45, 2.75) is 19.6 Å². The van der Waals surface area contributed by atoms with Crippen molar-refractivity contribution in [3.63, 3.8) is 0 Å². The van der Waals surface area contributed by atoms with Gasteiger partial charge in [-0.15, -0.1) is 0 Å². The number of nitrogens with one attached hydrogen (secondary N) is 1. The first-order valence-electron chi connectivity index (χ1n) is 5.57. The quantitative estimate of drug-likeness (QED) is 0.853. The third kappa shape index (κ3) is 3.63. The minimum absolute atomic E-state index is 0.431. The van der Waals surface area contributed by atoms with Gasteiger partial charge in [0.1, 0.15) is 0 Å². The van der Waals surface area contributed by atoms with Gasteiger partial charge in [0.2, 0.25) is 0 Å². The normalized spacial score (nSPS) is 12.6. The summed E-state index contributed by atoms with van der Waals surface area (Å²) in [5, 5.41) is 17.1. The van der Waals surface area contributed by atoms with Crippen LogP contribution in [-0.4, -0.2) is 16.6 Å². The Bertz CT molecular complexity index is 456. The molecule has 0 saturated carbocycles. The molecule has 1 atom stereocenters. The first-order chi connectivity index (χ1) is 8.25. The van der Waals surface area contributed by atoms with Gasteiger partial charge in [0.15, 0.2) is 0 Å². The molecule has 0 saturated heterocycles. The monoisotopic (exact) mass is 248 g/mol. The maximum Gasteiger partial charge on any atom is 0.0922 e. The number of pyridine rings is 1. The first kappa shape index (κ1) is 12.2. The number of aromatic nitrogens is 1. The van der Waals surface area contributed by atoms with Crippen LogP contribution in [0.3, 0.4) is 0 Å². The van der Waals surface area contributed by atoms with E-state index in [2.05, 4.69) is 16.4 Å². The third-order valence-corrected chi connectivity index (χ3v) is 3.23. The number of aryl methyl sites for hydroxylation is 1. The second-order valence-corrected chi connectivity index (χ2v) is 4.85. The number of thiophene rings is 1. The van der Waals surface area contributed by atoms with Crippen LogP contribution in [0.1, 0.15) is 22.8 Å². The van der Waals surface area contributed by atoms with Gasteiger partial charge in [-0.1, -0.05) is 6.07 Å². The fourth-order valence-electron chi connectivity index (χ4n) is 1.65. The molecule has 17 heavy (non-hydrogen) atoms. The molecule has 0 aliphatic heterocycles. The van der Waals surface area contributed by atoms with Crippen LogP contribution in [0.25, 0.3) is 0 Å². The Balaban J connectivity index is 1.80. The molecule has 2 heterocycles. The largest absolute Gasteiger partial charge is 0.387 e. The predicted octanol–water partition coefficient (Wildman–Crippen LogP) is 2.27. The van der Waals surface area contributed by atoms with E-state index in [1.165, 1.54) is 0 Å². The van der Waals surface area contributed by atoms with Crippen molar-refractivity contribution in [3.05, 3.63) is 52.0 Å². The molecule has 0 aliphatic carbocycles. The molecule has 2 aromatic heterocycles. The number of nitrogens with zero attached hydrogens (tertiary/aromatic N) is 1. The van der Waals surface area contributed by atoms with Gasteiger partial charge in [-0.3, -0.25) is 4.98 Å². The maximum atomic E-state index is 9.87. The molecule has 3 nitrogen and oxygen atoms in total. The standard InChI is InChI=1S/C13H16N2OS/c1-10-4-11(6-14-5-10)7-15-8-13(16)12-2-3-17-9-12/h2-6,9,13,15-16H,7-8H2,1H3. The minimum Gasteiger partial charge on any atom is -0.387 e. The van der Waals surface area contributed by atoms with Crippen molar-refractivity contribution < 1.29 is 5.11 Å². The van der Waals surface area contributed by atoms with Crippen LogP contribution in [0.4, 0.5) is 0 Å². The molecule has 90 valence electrons. The SMILES string of the molecule is Cc1cncc(CNCC(O)c2ccsc2)c1. The Morgan fingerprint density at radius 3 is 3.06 bits per heavy atom. The van der Waals surface area contributed by atoms with E-state index >= 15 is 0 Å². The van der Waals surface area contributed by atoms with Gasteiger partial charge in [0.05, 0.1) is 6.10 Å². The van der Waals surface area contributed by atoms with E-state index in [4.69, 9.17) is 0 Å². The van der Waals surface area contributed by atoms with Gasteiger partial charge in [-0.05, 0) is 40.4 Å². The van der Waals surface area contributed by atoms with Crippen LogP contribution in [0.2, 0.25) is 0 Å². The molecule has 2 aromatic rings. The lowest BCUT2D eigenvalue weighted by molar-refractivity contribution is 0.175. The number of aliphatic hydroxyl groups excluding tert-OH is 1. The molecule has 1 unspecified atom stereocenters. The summed E-state index contributed by atoms with van der Waals surface area (Å²) < 4.78 is 0. The van der Waals surface area contributed by atoms with Crippen molar-refractivity contribution in [3.8, 4) is 0 Å². The van der Waals surface area contributed by atoms with Crippen LogP contribution in [0, 0.1) is 6.92 Å². The molecule has 0 fully saturated rings. The first-order valence-corrected chi connectivity index (χ1v) is 6.51. The maximum absolute atomic E-state index is 9.87. The number of aliphatic hydroxyl groups is 1. The van der Waals surface area contributed by atoms with Crippen LogP contribution in [-0.2, 0) is 6.54 Å². The van der Waals surface area contributed by atoms with E-state index in [1.54, 1.807) is 11.3 Å². The summed E-state index contributed by atoms with van der Waals surface area (Å²) in [6.45, 7) is 3.32. The van der Waals surface area contributed by atoms with E-state index in [0.717, 1.165) is 23.2 Å². The lowest BCUT2D eigenvalue weighted by Crippen LogP contribution is -2.20. The van der Waals surface area contributed by atoms with Crippen LogP contribution >= 0.6 is 11.3 Å².